The molecule has 0 heterocycles. The van der Waals surface area contributed by atoms with E-state index >= 15 is 0 Å². The second kappa shape index (κ2) is 25.9. The molecule has 0 aliphatic rings. The minimum atomic E-state index is -4.25. The fraction of sp³-hybridized carbons (Fsp3) is 0.968. The van der Waals surface area contributed by atoms with E-state index in [0.29, 0.717) is 30.5 Å². The summed E-state index contributed by atoms with van der Waals surface area (Å²) in [6.45, 7) is 3.04. The van der Waals surface area contributed by atoms with Crippen LogP contribution >= 0.6 is 7.82 Å². The summed E-state index contributed by atoms with van der Waals surface area (Å²) >= 11 is 0. The van der Waals surface area contributed by atoms with Gasteiger partial charge in [0.2, 0.25) is 0 Å². The summed E-state index contributed by atoms with van der Waals surface area (Å²) in [5, 5.41) is 19.5. The van der Waals surface area contributed by atoms with Gasteiger partial charge in [0.05, 0.1) is 33.9 Å². The number of nitrogens with zero attached hydrogens (tertiary/aromatic N) is 1. The Kier molecular flexibility index (Phi) is 25.6. The maximum Gasteiger partial charge on any atom is 0.472 e. The minimum absolute atomic E-state index is 0.0841. The monoisotopic (exact) mass is 610 g/mol. The predicted octanol–water partition coefficient (Wildman–Crippen LogP) is 7.48. The van der Waals surface area contributed by atoms with Gasteiger partial charge in [-0.3, -0.25) is 13.8 Å². The Balaban J connectivity index is 4.28. The van der Waals surface area contributed by atoms with Gasteiger partial charge in [-0.1, -0.05) is 110 Å². The number of ether oxygens (including phenoxy) is 1. The average molecular weight is 611 g/mol. The van der Waals surface area contributed by atoms with Crippen molar-refractivity contribution in [2.75, 3.05) is 47.5 Å². The number of carbonyl (C=O) groups is 1. The van der Waals surface area contributed by atoms with Crippen LogP contribution in [0.25, 0.3) is 0 Å². The summed E-state index contributed by atoms with van der Waals surface area (Å²) in [5.74, 6) is -0.790. The van der Waals surface area contributed by atoms with Gasteiger partial charge in [-0.2, -0.15) is 0 Å². The van der Waals surface area contributed by atoms with Gasteiger partial charge < -0.3 is 24.3 Å². The molecule has 0 radical (unpaired) electrons. The third kappa shape index (κ3) is 29.3. The van der Waals surface area contributed by atoms with E-state index in [1.165, 1.54) is 70.6 Å². The van der Waals surface area contributed by atoms with E-state index in [-0.39, 0.29) is 19.6 Å². The van der Waals surface area contributed by atoms with Crippen LogP contribution in [0.4, 0.5) is 0 Å². The van der Waals surface area contributed by atoms with E-state index in [1.54, 1.807) is 0 Å². The fourth-order valence-corrected chi connectivity index (χ4v) is 5.33. The molecule has 0 bridgehead atoms. The topological polar surface area (TPSA) is 123 Å². The van der Waals surface area contributed by atoms with Gasteiger partial charge >= 0.3 is 13.8 Å². The Labute approximate surface area is 251 Å². The van der Waals surface area contributed by atoms with Gasteiger partial charge in [0, 0.05) is 13.0 Å². The molecular formula is C31H65NO8P+. The van der Waals surface area contributed by atoms with Gasteiger partial charge in [0.15, 0.2) is 0 Å². The van der Waals surface area contributed by atoms with Crippen LogP contribution < -0.4 is 0 Å². The molecule has 0 amide bonds. The van der Waals surface area contributed by atoms with Crippen LogP contribution in [-0.4, -0.2) is 85.3 Å². The largest absolute Gasteiger partial charge is 0.481 e. The van der Waals surface area contributed by atoms with Crippen LogP contribution in [0.2, 0.25) is 0 Å². The number of unbranched alkanes of at least 4 members (excludes halogenated alkanes) is 16. The van der Waals surface area contributed by atoms with Crippen LogP contribution in [-0.2, 0) is 23.1 Å². The molecule has 0 aliphatic heterocycles. The number of phosphoric ester groups is 1. The zero-order chi connectivity index (χ0) is 30.8. The first-order valence-corrected chi connectivity index (χ1v) is 17.9. The summed E-state index contributed by atoms with van der Waals surface area (Å²) in [5.41, 5.74) is 0. The first kappa shape index (κ1) is 40.5. The number of aliphatic hydroxyl groups is 1. The highest BCUT2D eigenvalue weighted by molar-refractivity contribution is 7.47. The van der Waals surface area contributed by atoms with E-state index in [1.807, 2.05) is 21.1 Å². The van der Waals surface area contributed by atoms with Crippen LogP contribution in [0.3, 0.4) is 0 Å². The predicted molar refractivity (Wildman–Crippen MR) is 166 cm³/mol. The van der Waals surface area contributed by atoms with Gasteiger partial charge in [-0.25, -0.2) is 4.57 Å². The number of carboxylic acids is 1. The number of carboxylic acid groups (broad SMARTS) is 1. The Morgan fingerprint density at radius 1 is 0.732 bits per heavy atom. The lowest BCUT2D eigenvalue weighted by Crippen LogP contribution is -2.37. The lowest BCUT2D eigenvalue weighted by molar-refractivity contribution is -0.870. The number of hydrogen-bond acceptors (Lipinski definition) is 6. The molecule has 1 unspecified atom stereocenters. The first-order chi connectivity index (χ1) is 19.5. The number of aliphatic carboxylic acids is 1. The molecule has 3 atom stereocenters. The molecule has 246 valence electrons. The van der Waals surface area contributed by atoms with E-state index < -0.39 is 26.0 Å². The Bertz CT molecular complexity index is 659. The molecule has 0 aromatic heterocycles. The van der Waals surface area contributed by atoms with Crippen molar-refractivity contribution in [1.29, 1.82) is 0 Å². The lowest BCUT2D eigenvalue weighted by Gasteiger charge is -2.26. The fourth-order valence-electron chi connectivity index (χ4n) is 4.61. The number of rotatable bonds is 31. The van der Waals surface area contributed by atoms with Crippen molar-refractivity contribution < 1.29 is 42.7 Å². The van der Waals surface area contributed by atoms with Crippen LogP contribution in [0.15, 0.2) is 0 Å². The molecule has 0 saturated heterocycles. The Morgan fingerprint density at radius 3 is 1.73 bits per heavy atom. The maximum absolute atomic E-state index is 12.3. The average Bonchev–Trinajstić information content (AvgIpc) is 2.88. The van der Waals surface area contributed by atoms with Crippen molar-refractivity contribution in [2.24, 2.45) is 0 Å². The standard InChI is InChI=1S/C31H64NO8P/c1-5-6-7-8-9-10-11-12-13-14-15-16-17-20-23-29(33)30(38-26-22-19-18-21-24-31(34)35)28-40-41(36,37)39-27-25-32(2,3)4/h29-30,33H,5-28H2,1-4H3,(H-,34,35,36,37)/p+1/t29-,30+/m1/s1. The lowest BCUT2D eigenvalue weighted by atomic mass is 10.0. The molecule has 41 heavy (non-hydrogen) atoms. The summed E-state index contributed by atoms with van der Waals surface area (Å²) in [6.07, 6.45) is 19.9. The molecule has 3 N–H and O–H groups in total. The number of phosphoric acid groups is 1. The third-order valence-electron chi connectivity index (χ3n) is 7.32. The van der Waals surface area contributed by atoms with Crippen molar-refractivity contribution in [3.05, 3.63) is 0 Å². The molecule has 9 nitrogen and oxygen atoms in total. The second-order valence-electron chi connectivity index (χ2n) is 12.5. The number of hydrogen-bond donors (Lipinski definition) is 3. The van der Waals surface area contributed by atoms with Crippen molar-refractivity contribution in [3.63, 3.8) is 0 Å². The van der Waals surface area contributed by atoms with Gasteiger partial charge in [0.1, 0.15) is 19.3 Å². The molecule has 10 heteroatoms. The first-order valence-electron chi connectivity index (χ1n) is 16.4. The van der Waals surface area contributed by atoms with Crippen LogP contribution in [0.5, 0.6) is 0 Å². The summed E-state index contributed by atoms with van der Waals surface area (Å²) in [6, 6.07) is 0. The summed E-state index contributed by atoms with van der Waals surface area (Å²) in [4.78, 5) is 20.7. The summed E-state index contributed by atoms with van der Waals surface area (Å²) in [7, 11) is 1.64. The van der Waals surface area contributed by atoms with E-state index in [2.05, 4.69) is 6.92 Å². The van der Waals surface area contributed by atoms with Gasteiger partial charge in [-0.15, -0.1) is 0 Å². The smallest absolute Gasteiger partial charge is 0.472 e. The highest BCUT2D eigenvalue weighted by atomic mass is 31.2. The van der Waals surface area contributed by atoms with Crippen molar-refractivity contribution in [2.45, 2.75) is 148 Å². The van der Waals surface area contributed by atoms with Crippen LogP contribution in [0.1, 0.15) is 135 Å². The number of quaternary nitrogens is 1. The molecule has 0 aromatic carbocycles. The molecule has 0 saturated carbocycles. The maximum atomic E-state index is 12.3. The second-order valence-corrected chi connectivity index (χ2v) is 14.0. The molecule has 0 aromatic rings. The minimum Gasteiger partial charge on any atom is -0.481 e. The molecular weight excluding hydrogens is 545 g/mol. The Hall–Kier alpha value is -0.540. The highest BCUT2D eigenvalue weighted by Gasteiger charge is 2.28. The number of likely N-dealkylation sites (N-methyl/N-ethyl adjacent to an activating group) is 1. The van der Waals surface area contributed by atoms with Crippen molar-refractivity contribution in [1.82, 2.24) is 0 Å². The summed E-state index contributed by atoms with van der Waals surface area (Å²) < 4.78 is 29.1. The Morgan fingerprint density at radius 2 is 1.22 bits per heavy atom. The SMILES string of the molecule is CCCCCCCCCCCCCCCC[C@@H](O)[C@H](COP(=O)(O)OCC[N+](C)(C)C)OCCCCCCC(=O)O. The van der Waals surface area contributed by atoms with E-state index in [9.17, 15) is 19.4 Å². The molecule has 0 rings (SSSR count). The quantitative estimate of drug-likeness (QED) is 0.0420. The highest BCUT2D eigenvalue weighted by Crippen LogP contribution is 2.43. The van der Waals surface area contributed by atoms with E-state index in [0.717, 1.165) is 38.5 Å². The third-order valence-corrected chi connectivity index (χ3v) is 8.30. The molecule has 0 fully saturated rings. The normalized spacial score (nSPS) is 15.1. The zero-order valence-corrected chi connectivity index (χ0v) is 27.8. The van der Waals surface area contributed by atoms with Gasteiger partial charge in [-0.05, 0) is 19.3 Å². The van der Waals surface area contributed by atoms with Gasteiger partial charge in [0.25, 0.3) is 0 Å². The van der Waals surface area contributed by atoms with Crippen molar-refractivity contribution in [3.8, 4) is 0 Å². The van der Waals surface area contributed by atoms with Crippen molar-refractivity contribution >= 4 is 13.8 Å². The molecule has 0 aliphatic carbocycles. The number of aliphatic hydroxyl groups excluding tert-OH is 1. The zero-order valence-electron chi connectivity index (χ0n) is 26.9. The van der Waals surface area contributed by atoms with E-state index in [4.69, 9.17) is 18.9 Å². The molecule has 0 spiro atoms. The van der Waals surface area contributed by atoms with Crippen LogP contribution in [0, 0.1) is 0 Å².